The van der Waals surface area contributed by atoms with E-state index in [4.69, 9.17) is 11.6 Å². The van der Waals surface area contributed by atoms with E-state index < -0.39 is 24.4 Å². The molecule has 0 saturated carbocycles. The van der Waals surface area contributed by atoms with E-state index in [-0.39, 0.29) is 71.0 Å². The van der Waals surface area contributed by atoms with Crippen LogP contribution in [0.2, 0.25) is 0 Å². The summed E-state index contributed by atoms with van der Waals surface area (Å²) in [6, 6.07) is -1.24. The third-order valence-electron chi connectivity index (χ3n) is 1.30. The van der Waals surface area contributed by atoms with Crippen molar-refractivity contribution >= 4 is 23.5 Å². The van der Waals surface area contributed by atoms with Crippen molar-refractivity contribution in [3.05, 3.63) is 0 Å². The van der Waals surface area contributed by atoms with Crippen LogP contribution >= 0.6 is 11.6 Å². The van der Waals surface area contributed by atoms with Gasteiger partial charge in [0.15, 0.2) is 0 Å². The molecule has 0 aliphatic rings. The molecule has 0 aliphatic heterocycles. The third-order valence-corrected chi connectivity index (χ3v) is 1.46. The maximum Gasteiger partial charge on any atom is 1.00 e. The van der Waals surface area contributed by atoms with Crippen LogP contribution in [-0.4, -0.2) is 29.9 Å². The molecule has 0 heterocycles. The summed E-state index contributed by atoms with van der Waals surface area (Å²) in [5.74, 6) is -2.91. The van der Waals surface area contributed by atoms with E-state index in [2.05, 4.69) is 5.32 Å². The van der Waals surface area contributed by atoms with Gasteiger partial charge in [0.05, 0.1) is 12.0 Å². The Hall–Kier alpha value is 1.19. The van der Waals surface area contributed by atoms with E-state index in [0.717, 1.165) is 0 Å². The molecule has 0 rings (SSSR count). The van der Waals surface area contributed by atoms with Crippen LogP contribution in [0.5, 0.6) is 0 Å². The molecular weight excluding hydrogens is 244 g/mol. The van der Waals surface area contributed by atoms with Gasteiger partial charge < -0.3 is 25.1 Å². The zero-order valence-electron chi connectivity index (χ0n) is 9.08. The van der Waals surface area contributed by atoms with Crippen molar-refractivity contribution in [3.8, 4) is 0 Å². The van der Waals surface area contributed by atoms with Gasteiger partial charge in [-0.15, -0.1) is 11.6 Å². The number of hydrogen-bond donors (Lipinski definition) is 1. The summed E-state index contributed by atoms with van der Waals surface area (Å²) in [5.41, 5.74) is 0. The Morgan fingerprint density at radius 3 is 2.07 bits per heavy atom. The van der Waals surface area contributed by atoms with Crippen molar-refractivity contribution in [2.45, 2.75) is 24.8 Å². The van der Waals surface area contributed by atoms with E-state index >= 15 is 0 Å². The Morgan fingerprint density at radius 2 is 1.80 bits per heavy atom. The number of alkyl halides is 1. The largest absolute Gasteiger partial charge is 1.00 e. The standard InChI is InChI=1S/C7H12ClNO4.2Na/c1-4(8)3-9-5(7(12)13)2-6(10)11;;/h4-5,9H,2-3H2,1H3,(H,10,11)(H,12,13);;/q;2*+1/p-2/t4?,5-;;/m0../s1. The zero-order chi connectivity index (χ0) is 10.4. The Kier molecular flexibility index (Phi) is 16.7. The number of rotatable bonds is 6. The molecule has 1 unspecified atom stereocenters. The first-order chi connectivity index (χ1) is 5.93. The summed E-state index contributed by atoms with van der Waals surface area (Å²) in [7, 11) is 0. The number of carboxylic acid groups (broad SMARTS) is 2. The molecule has 1 N–H and O–H groups in total. The fraction of sp³-hybridized carbons (Fsp3) is 0.714. The average molecular weight is 254 g/mol. The van der Waals surface area contributed by atoms with Crippen LogP contribution in [0.4, 0.5) is 0 Å². The number of nitrogens with one attached hydrogen (secondary N) is 1. The van der Waals surface area contributed by atoms with E-state index in [1.165, 1.54) is 0 Å². The van der Waals surface area contributed by atoms with Crippen LogP contribution in [0.3, 0.4) is 0 Å². The normalized spacial score (nSPS) is 12.9. The van der Waals surface area contributed by atoms with Crippen molar-refractivity contribution in [1.29, 1.82) is 0 Å². The van der Waals surface area contributed by atoms with Crippen molar-refractivity contribution in [2.24, 2.45) is 0 Å². The van der Waals surface area contributed by atoms with Gasteiger partial charge in [0.25, 0.3) is 0 Å². The first-order valence-corrected chi connectivity index (χ1v) is 4.15. The Balaban J connectivity index is -0.000000720. The van der Waals surface area contributed by atoms with Gasteiger partial charge in [0, 0.05) is 24.3 Å². The molecule has 5 nitrogen and oxygen atoms in total. The van der Waals surface area contributed by atoms with Gasteiger partial charge in [-0.25, -0.2) is 0 Å². The summed E-state index contributed by atoms with van der Waals surface area (Å²) in [4.78, 5) is 20.4. The number of carbonyl (C=O) groups is 2. The molecular formula is C7H10ClNNa2O4. The summed E-state index contributed by atoms with van der Waals surface area (Å²) in [6.45, 7) is 1.85. The van der Waals surface area contributed by atoms with E-state index in [0.29, 0.717) is 0 Å². The molecule has 2 atom stereocenters. The monoisotopic (exact) mass is 253 g/mol. The van der Waals surface area contributed by atoms with Crippen LogP contribution in [0, 0.1) is 0 Å². The van der Waals surface area contributed by atoms with Crippen molar-refractivity contribution in [1.82, 2.24) is 5.32 Å². The number of hydrogen-bond acceptors (Lipinski definition) is 5. The number of carbonyl (C=O) groups excluding carboxylic acids is 2. The predicted molar refractivity (Wildman–Crippen MR) is 41.7 cm³/mol. The van der Waals surface area contributed by atoms with Gasteiger partial charge in [-0.3, -0.25) is 0 Å². The Bertz CT molecular complexity index is 203. The quantitative estimate of drug-likeness (QED) is 0.375. The van der Waals surface area contributed by atoms with Crippen molar-refractivity contribution in [3.63, 3.8) is 0 Å². The second-order valence-electron chi connectivity index (χ2n) is 2.64. The molecule has 0 aromatic carbocycles. The van der Waals surface area contributed by atoms with E-state index in [1.807, 2.05) is 0 Å². The first-order valence-electron chi connectivity index (χ1n) is 3.71. The minimum atomic E-state index is -1.47. The minimum Gasteiger partial charge on any atom is -0.550 e. The van der Waals surface area contributed by atoms with Gasteiger partial charge in [0.1, 0.15) is 0 Å². The number of aliphatic carboxylic acids is 2. The van der Waals surface area contributed by atoms with Gasteiger partial charge >= 0.3 is 59.1 Å². The van der Waals surface area contributed by atoms with Gasteiger partial charge in [-0.2, -0.15) is 0 Å². The van der Waals surface area contributed by atoms with Gasteiger partial charge in [-0.1, -0.05) is 0 Å². The molecule has 0 aromatic rings. The fourth-order valence-electron chi connectivity index (χ4n) is 0.710. The summed E-state index contributed by atoms with van der Waals surface area (Å²) in [6.07, 6.45) is -0.619. The summed E-state index contributed by atoms with van der Waals surface area (Å²) in [5, 5.41) is 22.6. The molecule has 0 amide bonds. The topological polar surface area (TPSA) is 92.3 Å². The van der Waals surface area contributed by atoms with Crippen LogP contribution in [0.25, 0.3) is 0 Å². The minimum absolute atomic E-state index is 0. The van der Waals surface area contributed by atoms with E-state index in [1.54, 1.807) is 6.92 Å². The zero-order valence-corrected chi connectivity index (χ0v) is 13.8. The molecule has 0 spiro atoms. The molecule has 76 valence electrons. The first kappa shape index (κ1) is 21.5. The second-order valence-corrected chi connectivity index (χ2v) is 3.38. The van der Waals surface area contributed by atoms with Crippen LogP contribution < -0.4 is 74.6 Å². The van der Waals surface area contributed by atoms with Gasteiger partial charge in [-0.05, 0) is 6.92 Å². The predicted octanol–water partition coefficient (Wildman–Crippen LogP) is -8.53. The molecule has 0 aromatic heterocycles. The Morgan fingerprint density at radius 1 is 1.33 bits per heavy atom. The second kappa shape index (κ2) is 11.7. The maximum atomic E-state index is 10.3. The average Bonchev–Trinajstić information content (AvgIpc) is 1.96. The van der Waals surface area contributed by atoms with E-state index in [9.17, 15) is 19.8 Å². The smallest absolute Gasteiger partial charge is 0.550 e. The van der Waals surface area contributed by atoms with Crippen LogP contribution in [-0.2, 0) is 9.59 Å². The van der Waals surface area contributed by atoms with Crippen molar-refractivity contribution < 1.29 is 78.9 Å². The van der Waals surface area contributed by atoms with Crippen molar-refractivity contribution in [2.75, 3.05) is 6.54 Å². The molecule has 0 saturated heterocycles. The number of carboxylic acids is 2. The molecule has 0 bridgehead atoms. The summed E-state index contributed by atoms with van der Waals surface area (Å²) < 4.78 is 0. The van der Waals surface area contributed by atoms with Crippen LogP contribution in [0.15, 0.2) is 0 Å². The maximum absolute atomic E-state index is 10.3. The fourth-order valence-corrected chi connectivity index (χ4v) is 0.799. The number of halogens is 1. The molecule has 0 radical (unpaired) electrons. The molecule has 0 aliphatic carbocycles. The Labute approximate surface area is 138 Å². The SMILES string of the molecule is CC(Cl)CN[C@@H](CC(=O)[O-])C(=O)[O-].[Na+].[Na+]. The summed E-state index contributed by atoms with van der Waals surface area (Å²) >= 11 is 5.52. The molecule has 0 fully saturated rings. The van der Waals surface area contributed by atoms with Gasteiger partial charge in [0.2, 0.25) is 0 Å². The third kappa shape index (κ3) is 13.1. The van der Waals surface area contributed by atoms with Crippen LogP contribution in [0.1, 0.15) is 13.3 Å². The molecule has 8 heteroatoms. The molecule has 15 heavy (non-hydrogen) atoms.